The Bertz CT molecular complexity index is 1740. The number of benzene rings is 4. The van der Waals surface area contributed by atoms with Gasteiger partial charge in [0.05, 0.1) is 35.6 Å². The maximum atomic E-state index is 15.8. The Kier molecular flexibility index (Phi) is 20.7. The van der Waals surface area contributed by atoms with Gasteiger partial charge in [0.2, 0.25) is 0 Å². The first-order valence-electron chi connectivity index (χ1n) is 22.0. The second-order valence-electron chi connectivity index (χ2n) is 16.3. The van der Waals surface area contributed by atoms with Gasteiger partial charge in [-0.15, -0.1) is 0 Å². The summed E-state index contributed by atoms with van der Waals surface area (Å²) < 4.78 is 53.1. The summed E-state index contributed by atoms with van der Waals surface area (Å²) in [6.07, 6.45) is 13.3. The molecule has 0 bridgehead atoms. The van der Waals surface area contributed by atoms with Crippen LogP contribution in [-0.4, -0.2) is 52.3 Å². The largest absolute Gasteiger partial charge is 0.497 e. The van der Waals surface area contributed by atoms with Gasteiger partial charge in [0.1, 0.15) is 30.1 Å². The molecule has 4 aromatic rings. The third-order valence-corrected chi connectivity index (χ3v) is 19.2. The second-order valence-corrected chi connectivity index (χ2v) is 22.7. The highest BCUT2D eigenvalue weighted by Gasteiger charge is 2.38. The minimum Gasteiger partial charge on any atom is -0.497 e. The summed E-state index contributed by atoms with van der Waals surface area (Å²) in [5.74, 6) is 3.23. The third-order valence-electron chi connectivity index (χ3n) is 11.9. The van der Waals surface area contributed by atoms with E-state index < -0.39 is 14.3 Å². The lowest BCUT2D eigenvalue weighted by Crippen LogP contribution is -2.41. The number of hydrogen-bond donors (Lipinski definition) is 1. The van der Waals surface area contributed by atoms with Crippen molar-refractivity contribution in [3.63, 3.8) is 0 Å². The van der Waals surface area contributed by atoms with E-state index in [1.54, 1.807) is 28.4 Å². The number of hydrogen-bond acceptors (Lipinski definition) is 7. The molecule has 7 nitrogen and oxygen atoms in total. The third kappa shape index (κ3) is 15.2. The summed E-state index contributed by atoms with van der Waals surface area (Å²) in [7, 11) is 1.19. The molecule has 0 spiro atoms. The van der Waals surface area contributed by atoms with Crippen LogP contribution in [0.15, 0.2) is 97.1 Å². The van der Waals surface area contributed by atoms with E-state index in [0.29, 0.717) is 24.6 Å². The molecule has 0 amide bonds. The van der Waals surface area contributed by atoms with E-state index in [1.165, 1.54) is 0 Å². The molecule has 9 heteroatoms. The highest BCUT2D eigenvalue weighted by molar-refractivity contribution is 7.63. The monoisotopic (exact) mass is 845 g/mol. The molecule has 4 aromatic carbocycles. The van der Waals surface area contributed by atoms with E-state index in [-0.39, 0.29) is 17.4 Å². The minimum absolute atomic E-state index is 0.0399. The SMILES string of the molecule is CCCCC(CCCCNC(CCC)C(CCCC)P(=O)(Cc1ccc(OC)cc1)Cc1ccc(OC)cc1)P(=O)(Cc1ccc(OC)cc1)Cc1ccc(OC)cc1. The molecule has 0 saturated carbocycles. The van der Waals surface area contributed by atoms with E-state index in [0.717, 1.165) is 122 Å². The predicted octanol–water partition coefficient (Wildman–Crippen LogP) is 13.6. The number of ether oxygens (including phenoxy) is 4. The van der Waals surface area contributed by atoms with Crippen LogP contribution in [0.25, 0.3) is 0 Å². The first kappa shape index (κ1) is 48.2. The van der Waals surface area contributed by atoms with Gasteiger partial charge in [0, 0.05) is 42.0 Å². The zero-order valence-corrected chi connectivity index (χ0v) is 38.9. The molecule has 0 aliphatic heterocycles. The van der Waals surface area contributed by atoms with Crippen molar-refractivity contribution in [2.75, 3.05) is 35.0 Å². The zero-order chi connectivity index (χ0) is 42.5. The Labute approximate surface area is 357 Å². The predicted molar refractivity (Wildman–Crippen MR) is 249 cm³/mol. The number of unbranched alkanes of at least 4 members (excludes halogenated alkanes) is 3. The molecule has 0 radical (unpaired) electrons. The van der Waals surface area contributed by atoms with Gasteiger partial charge < -0.3 is 33.4 Å². The van der Waals surface area contributed by atoms with Crippen LogP contribution in [0, 0.1) is 0 Å². The lowest BCUT2D eigenvalue weighted by molar-refractivity contribution is 0.413. The number of nitrogens with one attached hydrogen (secondary N) is 1. The number of methoxy groups -OCH3 is 4. The average Bonchev–Trinajstić information content (AvgIpc) is 3.25. The molecule has 0 fully saturated rings. The van der Waals surface area contributed by atoms with Crippen molar-refractivity contribution < 1.29 is 28.1 Å². The van der Waals surface area contributed by atoms with Gasteiger partial charge in [0.25, 0.3) is 0 Å². The summed E-state index contributed by atoms with van der Waals surface area (Å²) in [6.45, 7) is 7.54. The van der Waals surface area contributed by atoms with Gasteiger partial charge in [-0.1, -0.05) is 108 Å². The smallest absolute Gasteiger partial charge is 0.118 e. The van der Waals surface area contributed by atoms with Gasteiger partial charge in [-0.25, -0.2) is 0 Å². The molecule has 3 unspecified atom stereocenters. The highest BCUT2D eigenvalue weighted by atomic mass is 31.2. The summed E-state index contributed by atoms with van der Waals surface area (Å²) in [5.41, 5.74) is 4.54. The van der Waals surface area contributed by atoms with E-state index >= 15 is 9.13 Å². The van der Waals surface area contributed by atoms with E-state index in [1.807, 2.05) is 48.5 Å². The molecule has 0 aliphatic carbocycles. The molecular formula is C50H73NO6P2. The van der Waals surface area contributed by atoms with Crippen molar-refractivity contribution in [2.24, 2.45) is 0 Å². The standard InChI is InChI=1S/C50H73NO6P2/c1-8-11-16-48(58(52,36-40-19-27-44(54-4)28-20-40)37-41-21-29-45(55-5)30-22-41)17-13-14-35-51-49(15-10-3)50(18-12-9-2)59(53,38-42-23-31-46(56-6)32-24-42)39-43-25-33-47(57-7)34-26-43/h19-34,48-51H,8-18,35-39H2,1-7H3. The van der Waals surface area contributed by atoms with Gasteiger partial charge in [-0.05, 0) is 109 Å². The molecule has 4 rings (SSSR count). The first-order valence-corrected chi connectivity index (χ1v) is 26.3. The topological polar surface area (TPSA) is 83.1 Å². The van der Waals surface area contributed by atoms with E-state index in [4.69, 9.17) is 18.9 Å². The van der Waals surface area contributed by atoms with Gasteiger partial charge in [-0.3, -0.25) is 0 Å². The summed E-state index contributed by atoms with van der Waals surface area (Å²) in [5, 5.41) is 4.00. The van der Waals surface area contributed by atoms with E-state index in [2.05, 4.69) is 74.6 Å². The van der Waals surface area contributed by atoms with Gasteiger partial charge >= 0.3 is 0 Å². The number of rotatable bonds is 29. The van der Waals surface area contributed by atoms with Crippen molar-refractivity contribution >= 4 is 14.3 Å². The molecule has 0 aliphatic rings. The quantitative estimate of drug-likeness (QED) is 0.0430. The summed E-state index contributed by atoms with van der Waals surface area (Å²) in [6, 6.07) is 32.6. The fourth-order valence-electron chi connectivity index (χ4n) is 8.53. The van der Waals surface area contributed by atoms with Gasteiger partial charge in [-0.2, -0.15) is 0 Å². The highest BCUT2D eigenvalue weighted by Crippen LogP contribution is 2.61. The Morgan fingerprint density at radius 2 is 0.797 bits per heavy atom. The zero-order valence-electron chi connectivity index (χ0n) is 37.1. The molecule has 59 heavy (non-hydrogen) atoms. The van der Waals surface area contributed by atoms with Crippen LogP contribution in [0.1, 0.15) is 114 Å². The van der Waals surface area contributed by atoms with Crippen molar-refractivity contribution in [1.29, 1.82) is 0 Å². The van der Waals surface area contributed by atoms with Crippen LogP contribution < -0.4 is 24.3 Å². The van der Waals surface area contributed by atoms with Crippen LogP contribution in [0.5, 0.6) is 23.0 Å². The molecule has 3 atom stereocenters. The molecule has 0 heterocycles. The van der Waals surface area contributed by atoms with Crippen molar-refractivity contribution in [1.82, 2.24) is 5.32 Å². The summed E-state index contributed by atoms with van der Waals surface area (Å²) in [4.78, 5) is 0. The first-order chi connectivity index (χ1) is 28.6. The van der Waals surface area contributed by atoms with Crippen LogP contribution in [0.3, 0.4) is 0 Å². The average molecular weight is 846 g/mol. The molecule has 324 valence electrons. The van der Waals surface area contributed by atoms with Crippen LogP contribution in [-0.2, 0) is 33.8 Å². The van der Waals surface area contributed by atoms with Crippen LogP contribution in [0.2, 0.25) is 0 Å². The maximum Gasteiger partial charge on any atom is 0.118 e. The lowest BCUT2D eigenvalue weighted by Gasteiger charge is -2.36. The van der Waals surface area contributed by atoms with Crippen molar-refractivity contribution in [3.8, 4) is 23.0 Å². The molecule has 0 aromatic heterocycles. The minimum atomic E-state index is -2.82. The second kappa shape index (κ2) is 25.3. The normalized spacial score (nSPS) is 13.4. The molecule has 1 N–H and O–H groups in total. The van der Waals surface area contributed by atoms with E-state index in [9.17, 15) is 0 Å². The Balaban J connectivity index is 1.55. The maximum absolute atomic E-state index is 15.8. The van der Waals surface area contributed by atoms with Crippen LogP contribution in [0.4, 0.5) is 0 Å². The van der Waals surface area contributed by atoms with Crippen LogP contribution >= 0.6 is 14.3 Å². The summed E-state index contributed by atoms with van der Waals surface area (Å²) >= 11 is 0. The Hall–Kier alpha value is -3.50. The van der Waals surface area contributed by atoms with Crippen molar-refractivity contribution in [2.45, 2.75) is 133 Å². The molecular weight excluding hydrogens is 772 g/mol. The van der Waals surface area contributed by atoms with Gasteiger partial charge in [0.15, 0.2) is 0 Å². The Morgan fingerprint density at radius 1 is 0.441 bits per heavy atom. The lowest BCUT2D eigenvalue weighted by atomic mass is 10.0. The fraction of sp³-hybridized carbons (Fsp3) is 0.520. The van der Waals surface area contributed by atoms with Crippen molar-refractivity contribution in [3.05, 3.63) is 119 Å². The fourth-order valence-corrected chi connectivity index (χ4v) is 15.9. The Morgan fingerprint density at radius 3 is 1.15 bits per heavy atom. The molecule has 0 saturated heterocycles.